The van der Waals surface area contributed by atoms with Gasteiger partial charge in [-0.25, -0.2) is 4.39 Å². The zero-order chi connectivity index (χ0) is 23.4. The average molecular weight is 452 g/mol. The van der Waals surface area contributed by atoms with Crippen molar-refractivity contribution in [3.05, 3.63) is 71.5 Å². The molecule has 0 spiro atoms. The molecule has 4 amide bonds. The number of rotatable bonds is 4. The van der Waals surface area contributed by atoms with Gasteiger partial charge in [0.2, 0.25) is 11.8 Å². The molecule has 4 rings (SSSR count). The minimum atomic E-state index is -0.987. The number of hydrogen-bond donors (Lipinski definition) is 2. The van der Waals surface area contributed by atoms with Crippen LogP contribution in [0, 0.1) is 5.82 Å². The van der Waals surface area contributed by atoms with Gasteiger partial charge in [0.15, 0.2) is 0 Å². The van der Waals surface area contributed by atoms with Gasteiger partial charge in [-0.05, 0) is 43.2 Å². The lowest BCUT2D eigenvalue weighted by Crippen LogP contribution is -2.63. The smallest absolute Gasteiger partial charge is 0.254 e. The maximum absolute atomic E-state index is 13.6. The molecule has 9 heteroatoms. The van der Waals surface area contributed by atoms with E-state index in [1.54, 1.807) is 30.3 Å². The fraction of sp³-hybridized carbons (Fsp3) is 0.333. The maximum atomic E-state index is 13.6. The molecule has 2 atom stereocenters. The second-order valence-corrected chi connectivity index (χ2v) is 8.14. The Labute approximate surface area is 190 Å². The molecule has 0 saturated carbocycles. The van der Waals surface area contributed by atoms with Gasteiger partial charge in [-0.1, -0.05) is 24.3 Å². The van der Waals surface area contributed by atoms with Gasteiger partial charge in [-0.3, -0.25) is 19.2 Å². The predicted molar refractivity (Wildman–Crippen MR) is 118 cm³/mol. The van der Waals surface area contributed by atoms with Gasteiger partial charge in [0, 0.05) is 30.8 Å². The van der Waals surface area contributed by atoms with Crippen LogP contribution >= 0.6 is 0 Å². The zero-order valence-electron chi connectivity index (χ0n) is 18.0. The first-order chi connectivity index (χ1) is 15.9. The number of halogens is 1. The molecule has 2 aromatic rings. The summed E-state index contributed by atoms with van der Waals surface area (Å²) in [5.74, 6) is -2.05. The quantitative estimate of drug-likeness (QED) is 0.728. The fourth-order valence-corrected chi connectivity index (χ4v) is 4.16. The lowest BCUT2D eigenvalue weighted by Gasteiger charge is -2.41. The van der Waals surface area contributed by atoms with Gasteiger partial charge in [0.25, 0.3) is 11.8 Å². The Balaban J connectivity index is 1.56. The minimum absolute atomic E-state index is 0.0614. The van der Waals surface area contributed by atoms with Crippen LogP contribution in [0.15, 0.2) is 54.6 Å². The molecule has 2 aliphatic heterocycles. The summed E-state index contributed by atoms with van der Waals surface area (Å²) >= 11 is 0. The first-order valence-electron chi connectivity index (χ1n) is 10.9. The lowest BCUT2D eigenvalue weighted by atomic mass is 10.0. The Bertz CT molecular complexity index is 1060. The van der Waals surface area contributed by atoms with Crippen LogP contribution < -0.4 is 10.6 Å². The Morgan fingerprint density at radius 2 is 1.73 bits per heavy atom. The van der Waals surface area contributed by atoms with Crippen molar-refractivity contribution in [3.63, 3.8) is 0 Å². The van der Waals surface area contributed by atoms with E-state index in [4.69, 9.17) is 0 Å². The van der Waals surface area contributed by atoms with Crippen molar-refractivity contribution >= 4 is 23.6 Å². The van der Waals surface area contributed by atoms with E-state index in [1.165, 1.54) is 28.0 Å². The summed E-state index contributed by atoms with van der Waals surface area (Å²) in [5.41, 5.74) is 0.597. The van der Waals surface area contributed by atoms with Crippen LogP contribution in [0.4, 0.5) is 4.39 Å². The van der Waals surface area contributed by atoms with Gasteiger partial charge in [-0.15, -0.1) is 0 Å². The molecular formula is C24H25FN4O4. The first kappa shape index (κ1) is 22.4. The van der Waals surface area contributed by atoms with E-state index in [0.717, 1.165) is 12.5 Å². The molecule has 8 nitrogen and oxygen atoms in total. The largest absolute Gasteiger partial charge is 0.354 e. The molecule has 0 aliphatic carbocycles. The van der Waals surface area contributed by atoms with Crippen LogP contribution in [-0.2, 0) is 9.59 Å². The second-order valence-electron chi connectivity index (χ2n) is 8.14. The molecule has 33 heavy (non-hydrogen) atoms. The van der Waals surface area contributed by atoms with Gasteiger partial charge in [0.05, 0.1) is 6.54 Å². The van der Waals surface area contributed by atoms with Crippen molar-refractivity contribution in [3.8, 4) is 0 Å². The van der Waals surface area contributed by atoms with Crippen molar-refractivity contribution in [2.45, 2.75) is 24.9 Å². The van der Waals surface area contributed by atoms with Gasteiger partial charge >= 0.3 is 0 Å². The molecule has 2 aromatic carbocycles. The lowest BCUT2D eigenvalue weighted by molar-refractivity contribution is -0.133. The standard InChI is InChI=1S/C24H25FN4O4/c25-18-9-4-8-17(14-18)23(32)28-12-13-29(24(33)16-6-2-1-3-7-16)20(15-28)22(31)27-19-10-5-11-26-21(19)30/h1-4,6-9,14,19-20H,5,10-13,15H2,(H,26,30)(H,27,31). The summed E-state index contributed by atoms with van der Waals surface area (Å²) in [7, 11) is 0. The van der Waals surface area contributed by atoms with Crippen molar-refractivity contribution in [1.82, 2.24) is 20.4 Å². The van der Waals surface area contributed by atoms with Crippen LogP contribution in [0.25, 0.3) is 0 Å². The highest BCUT2D eigenvalue weighted by molar-refractivity contribution is 6.00. The number of benzene rings is 2. The van der Waals surface area contributed by atoms with Gasteiger partial charge < -0.3 is 20.4 Å². The van der Waals surface area contributed by atoms with E-state index in [-0.39, 0.29) is 37.0 Å². The summed E-state index contributed by atoms with van der Waals surface area (Å²) in [6.07, 6.45) is 1.24. The monoisotopic (exact) mass is 452 g/mol. The molecule has 2 N–H and O–H groups in total. The molecule has 2 saturated heterocycles. The molecule has 2 heterocycles. The third-order valence-corrected chi connectivity index (χ3v) is 5.93. The molecule has 2 aliphatic rings. The number of nitrogens with zero attached hydrogens (tertiary/aromatic N) is 2. The normalized spacial score (nSPS) is 20.7. The maximum Gasteiger partial charge on any atom is 0.254 e. The number of piperidine rings is 1. The van der Waals surface area contributed by atoms with E-state index in [2.05, 4.69) is 10.6 Å². The van der Waals surface area contributed by atoms with E-state index < -0.39 is 29.7 Å². The van der Waals surface area contributed by atoms with Gasteiger partial charge in [0.1, 0.15) is 17.9 Å². The van der Waals surface area contributed by atoms with Crippen molar-refractivity contribution in [1.29, 1.82) is 0 Å². The van der Waals surface area contributed by atoms with E-state index in [1.807, 2.05) is 0 Å². The third kappa shape index (κ3) is 5.02. The second kappa shape index (κ2) is 9.81. The Morgan fingerprint density at radius 1 is 0.970 bits per heavy atom. The van der Waals surface area contributed by atoms with E-state index in [0.29, 0.717) is 18.5 Å². The zero-order valence-corrected chi connectivity index (χ0v) is 18.0. The molecule has 2 fully saturated rings. The predicted octanol–water partition coefficient (Wildman–Crippen LogP) is 1.19. The highest BCUT2D eigenvalue weighted by atomic mass is 19.1. The van der Waals surface area contributed by atoms with Crippen LogP contribution in [0.1, 0.15) is 33.6 Å². The fourth-order valence-electron chi connectivity index (χ4n) is 4.16. The number of carbonyl (C=O) groups is 4. The summed E-state index contributed by atoms with van der Waals surface area (Å²) in [6, 6.07) is 12.3. The topological polar surface area (TPSA) is 98.8 Å². The molecular weight excluding hydrogens is 427 g/mol. The number of hydrogen-bond acceptors (Lipinski definition) is 4. The van der Waals surface area contributed by atoms with E-state index in [9.17, 15) is 23.6 Å². The van der Waals surface area contributed by atoms with Crippen LogP contribution in [-0.4, -0.2) is 71.7 Å². The third-order valence-electron chi connectivity index (χ3n) is 5.93. The summed E-state index contributed by atoms with van der Waals surface area (Å²) in [6.45, 7) is 0.822. The SMILES string of the molecule is O=C1NCCCC1NC(=O)C1CN(C(=O)c2cccc(F)c2)CCN1C(=O)c1ccccc1. The average Bonchev–Trinajstić information content (AvgIpc) is 2.84. The van der Waals surface area contributed by atoms with Gasteiger partial charge in [-0.2, -0.15) is 0 Å². The highest BCUT2D eigenvalue weighted by Gasteiger charge is 2.39. The number of nitrogens with one attached hydrogen (secondary N) is 2. The number of carbonyl (C=O) groups excluding carboxylic acids is 4. The molecule has 0 bridgehead atoms. The van der Waals surface area contributed by atoms with Crippen LogP contribution in [0.2, 0.25) is 0 Å². The van der Waals surface area contributed by atoms with Crippen molar-refractivity contribution in [2.75, 3.05) is 26.2 Å². The molecule has 0 radical (unpaired) electrons. The molecule has 0 aromatic heterocycles. The minimum Gasteiger partial charge on any atom is -0.354 e. The molecule has 172 valence electrons. The summed E-state index contributed by atoms with van der Waals surface area (Å²) in [4.78, 5) is 54.4. The highest BCUT2D eigenvalue weighted by Crippen LogP contribution is 2.18. The Hall–Kier alpha value is -3.75. The Kier molecular flexibility index (Phi) is 6.67. The van der Waals surface area contributed by atoms with E-state index >= 15 is 0 Å². The summed E-state index contributed by atoms with van der Waals surface area (Å²) in [5, 5.41) is 5.46. The van der Waals surface area contributed by atoms with Crippen LogP contribution in [0.5, 0.6) is 0 Å². The Morgan fingerprint density at radius 3 is 2.45 bits per heavy atom. The van der Waals surface area contributed by atoms with Crippen LogP contribution in [0.3, 0.4) is 0 Å². The number of piperazine rings is 1. The first-order valence-corrected chi connectivity index (χ1v) is 10.9. The van der Waals surface area contributed by atoms with Crippen molar-refractivity contribution < 1.29 is 23.6 Å². The molecule has 2 unspecified atom stereocenters. The number of amides is 4. The summed E-state index contributed by atoms with van der Waals surface area (Å²) < 4.78 is 13.6. The van der Waals surface area contributed by atoms with Crippen molar-refractivity contribution in [2.24, 2.45) is 0 Å².